The van der Waals surface area contributed by atoms with Crippen molar-refractivity contribution in [2.24, 2.45) is 5.73 Å². The molecule has 5 rings (SSSR count). The number of ether oxygens (including phenoxy) is 1. The van der Waals surface area contributed by atoms with Crippen LogP contribution in [-0.4, -0.2) is 65.1 Å². The van der Waals surface area contributed by atoms with Crippen molar-refractivity contribution < 1.29 is 4.74 Å². The highest BCUT2D eigenvalue weighted by Crippen LogP contribution is 2.39. The molecule has 3 N–H and O–H groups in total. The van der Waals surface area contributed by atoms with Crippen LogP contribution in [0.15, 0.2) is 34.4 Å². The maximum absolute atomic E-state index is 6.72. The number of hydrogen-bond donors (Lipinski definition) is 2. The number of nitrogens with two attached hydrogens (primary N) is 1. The lowest BCUT2D eigenvalue weighted by Crippen LogP contribution is -2.48. The zero-order chi connectivity index (χ0) is 21.4. The molecule has 3 aromatic rings. The summed E-state index contributed by atoms with van der Waals surface area (Å²) in [7, 11) is 0. The van der Waals surface area contributed by atoms with Crippen molar-refractivity contribution in [1.29, 1.82) is 0 Å². The van der Waals surface area contributed by atoms with Crippen molar-refractivity contribution in [3.8, 4) is 0 Å². The quantitative estimate of drug-likeness (QED) is 0.613. The lowest BCUT2D eigenvalue weighted by molar-refractivity contribution is 0.122. The molecule has 0 atom stereocenters. The Kier molecular flexibility index (Phi) is 5.68. The zero-order valence-corrected chi connectivity index (χ0v) is 19.0. The third-order valence-corrected chi connectivity index (χ3v) is 7.50. The Bertz CT molecular complexity index is 1070. The number of fused-ring (bicyclic) bond motifs is 1. The second-order valence-electron chi connectivity index (χ2n) is 8.41. The number of pyridine rings is 2. The minimum Gasteiger partial charge on any atom is -0.378 e. The second-order valence-corrected chi connectivity index (χ2v) is 9.82. The van der Waals surface area contributed by atoms with Gasteiger partial charge in [0.2, 0.25) is 0 Å². The Morgan fingerprint density at radius 1 is 1.16 bits per heavy atom. The molecule has 2 fully saturated rings. The molecule has 8 nitrogen and oxygen atoms in total. The van der Waals surface area contributed by atoms with Crippen molar-refractivity contribution in [1.82, 2.24) is 20.2 Å². The topological polar surface area (TPSA) is 96.2 Å². The fourth-order valence-electron chi connectivity index (χ4n) is 3.99. The molecular weight excluding hydrogens is 434 g/mol. The van der Waals surface area contributed by atoms with Crippen LogP contribution in [0.25, 0.3) is 11.0 Å². The standard InChI is InChI=1S/C21H26ClN7OS/c1-21(23)3-6-28(7-4-21)14-12-15-18(25-13-14)20(27-26-15)31-16-2-5-24-19(17(16)22)29-8-10-30-11-9-29/h2,5,12-13H,3-4,6-11,23H2,1H3,(H,26,27). The molecule has 0 unspecified atom stereocenters. The molecule has 164 valence electrons. The number of H-pyrrole nitrogens is 1. The van der Waals surface area contributed by atoms with E-state index in [1.54, 1.807) is 6.20 Å². The number of aromatic amines is 1. The first-order valence-electron chi connectivity index (χ1n) is 10.5. The summed E-state index contributed by atoms with van der Waals surface area (Å²) in [5, 5.41) is 9.08. The van der Waals surface area contributed by atoms with Crippen LogP contribution >= 0.6 is 23.4 Å². The summed E-state index contributed by atoms with van der Waals surface area (Å²) < 4.78 is 5.44. The van der Waals surface area contributed by atoms with Crippen molar-refractivity contribution in [3.63, 3.8) is 0 Å². The summed E-state index contributed by atoms with van der Waals surface area (Å²) >= 11 is 8.22. The molecule has 0 bridgehead atoms. The van der Waals surface area contributed by atoms with Gasteiger partial charge in [0.15, 0.2) is 0 Å². The first-order chi connectivity index (χ1) is 15.0. The van der Waals surface area contributed by atoms with E-state index in [4.69, 9.17) is 27.1 Å². The average Bonchev–Trinajstić information content (AvgIpc) is 3.18. The van der Waals surface area contributed by atoms with Gasteiger partial charge < -0.3 is 20.3 Å². The highest BCUT2D eigenvalue weighted by atomic mass is 35.5. The van der Waals surface area contributed by atoms with Crippen molar-refractivity contribution >= 4 is 45.9 Å². The van der Waals surface area contributed by atoms with E-state index in [0.717, 1.165) is 71.5 Å². The molecular formula is C21H26ClN7OS. The highest BCUT2D eigenvalue weighted by molar-refractivity contribution is 7.99. The average molecular weight is 460 g/mol. The molecule has 10 heteroatoms. The van der Waals surface area contributed by atoms with Gasteiger partial charge in [0.1, 0.15) is 16.4 Å². The summed E-state index contributed by atoms with van der Waals surface area (Å²) in [4.78, 5) is 14.6. The summed E-state index contributed by atoms with van der Waals surface area (Å²) in [5.41, 5.74) is 9.05. The SMILES string of the molecule is CC1(N)CCN(c2cnc3c(Sc4ccnc(N5CCOCC5)c4Cl)n[nH]c3c2)CC1. The van der Waals surface area contributed by atoms with E-state index in [2.05, 4.69) is 38.0 Å². The summed E-state index contributed by atoms with van der Waals surface area (Å²) in [6, 6.07) is 4.04. The number of anilines is 2. The van der Waals surface area contributed by atoms with Gasteiger partial charge in [-0.15, -0.1) is 0 Å². The van der Waals surface area contributed by atoms with E-state index in [-0.39, 0.29) is 5.54 Å². The van der Waals surface area contributed by atoms with Crippen LogP contribution in [0.3, 0.4) is 0 Å². The number of aromatic nitrogens is 4. The van der Waals surface area contributed by atoms with Crippen LogP contribution in [0, 0.1) is 0 Å². The lowest BCUT2D eigenvalue weighted by Gasteiger charge is -2.37. The predicted octanol–water partition coefficient (Wildman–Crippen LogP) is 3.31. The van der Waals surface area contributed by atoms with Gasteiger partial charge in [-0.05, 0) is 31.9 Å². The molecule has 0 radical (unpaired) electrons. The first-order valence-corrected chi connectivity index (χ1v) is 11.7. The molecule has 2 saturated heterocycles. The van der Waals surface area contributed by atoms with Gasteiger partial charge in [0.05, 0.1) is 35.6 Å². The maximum Gasteiger partial charge on any atom is 0.149 e. The van der Waals surface area contributed by atoms with Crippen molar-refractivity contribution in [2.45, 2.75) is 35.2 Å². The fourth-order valence-corrected chi connectivity index (χ4v) is 5.20. The minimum absolute atomic E-state index is 0.0737. The van der Waals surface area contributed by atoms with Gasteiger partial charge in [-0.1, -0.05) is 23.4 Å². The fraction of sp³-hybridized carbons (Fsp3) is 0.476. The minimum atomic E-state index is -0.0737. The molecule has 0 aliphatic carbocycles. The monoisotopic (exact) mass is 459 g/mol. The molecule has 2 aliphatic rings. The first kappa shape index (κ1) is 20.8. The largest absolute Gasteiger partial charge is 0.378 e. The van der Waals surface area contributed by atoms with Gasteiger partial charge >= 0.3 is 0 Å². The summed E-state index contributed by atoms with van der Waals surface area (Å²) in [6.45, 7) is 6.95. The molecule has 0 saturated carbocycles. The van der Waals surface area contributed by atoms with Crippen molar-refractivity contribution in [3.05, 3.63) is 29.5 Å². The maximum atomic E-state index is 6.72. The number of morpholine rings is 1. The summed E-state index contributed by atoms with van der Waals surface area (Å²) in [5.74, 6) is 0.794. The van der Waals surface area contributed by atoms with E-state index in [1.165, 1.54) is 11.8 Å². The van der Waals surface area contributed by atoms with Crippen LogP contribution in [0.2, 0.25) is 5.02 Å². The van der Waals surface area contributed by atoms with Gasteiger partial charge in [0.25, 0.3) is 0 Å². The molecule has 0 spiro atoms. The number of halogens is 1. The van der Waals surface area contributed by atoms with E-state index in [1.807, 2.05) is 12.3 Å². The summed E-state index contributed by atoms with van der Waals surface area (Å²) in [6.07, 6.45) is 5.66. The Hall–Kier alpha value is -2.07. The Morgan fingerprint density at radius 2 is 1.94 bits per heavy atom. The Balaban J connectivity index is 1.37. The van der Waals surface area contributed by atoms with Gasteiger partial charge in [-0.3, -0.25) is 5.10 Å². The second kappa shape index (κ2) is 8.46. The van der Waals surface area contributed by atoms with E-state index >= 15 is 0 Å². The third kappa shape index (κ3) is 4.32. The van der Waals surface area contributed by atoms with Crippen LogP contribution in [0.4, 0.5) is 11.5 Å². The molecule has 31 heavy (non-hydrogen) atoms. The number of nitrogens with one attached hydrogen (secondary N) is 1. The van der Waals surface area contributed by atoms with Crippen LogP contribution in [-0.2, 0) is 4.74 Å². The third-order valence-electron chi connectivity index (χ3n) is 5.98. The molecule has 2 aliphatic heterocycles. The lowest BCUT2D eigenvalue weighted by atomic mass is 9.91. The zero-order valence-electron chi connectivity index (χ0n) is 17.5. The van der Waals surface area contributed by atoms with Gasteiger partial charge in [-0.2, -0.15) is 5.10 Å². The highest BCUT2D eigenvalue weighted by Gasteiger charge is 2.26. The number of nitrogens with zero attached hydrogens (tertiary/aromatic N) is 5. The number of piperidine rings is 1. The molecule has 0 aromatic carbocycles. The Morgan fingerprint density at radius 3 is 2.71 bits per heavy atom. The number of hydrogen-bond acceptors (Lipinski definition) is 8. The van der Waals surface area contributed by atoms with E-state index < -0.39 is 0 Å². The molecule has 5 heterocycles. The smallest absolute Gasteiger partial charge is 0.149 e. The molecule has 3 aromatic heterocycles. The van der Waals surface area contributed by atoms with Crippen LogP contribution in [0.5, 0.6) is 0 Å². The Labute approximate surface area is 190 Å². The molecule has 0 amide bonds. The number of rotatable bonds is 4. The van der Waals surface area contributed by atoms with Crippen LogP contribution < -0.4 is 15.5 Å². The predicted molar refractivity (Wildman–Crippen MR) is 124 cm³/mol. The van der Waals surface area contributed by atoms with Gasteiger partial charge in [-0.25, -0.2) is 9.97 Å². The normalized spacial score (nSPS) is 19.2. The van der Waals surface area contributed by atoms with Gasteiger partial charge in [0, 0.05) is 42.8 Å². The van der Waals surface area contributed by atoms with Crippen LogP contribution in [0.1, 0.15) is 19.8 Å². The van der Waals surface area contributed by atoms with E-state index in [0.29, 0.717) is 18.2 Å². The van der Waals surface area contributed by atoms with Crippen molar-refractivity contribution in [2.75, 3.05) is 49.2 Å². The van der Waals surface area contributed by atoms with E-state index in [9.17, 15) is 0 Å².